The fourth-order valence-electron chi connectivity index (χ4n) is 2.40. The molecule has 26 heavy (non-hydrogen) atoms. The highest BCUT2D eigenvalue weighted by atomic mass is 35.5. The molecular formula is C19H21Cl2N3O2. The Labute approximate surface area is 163 Å². The maximum atomic E-state index is 12.3. The first kappa shape index (κ1) is 20.1. The summed E-state index contributed by atoms with van der Waals surface area (Å²) >= 11 is 12.0. The van der Waals surface area contributed by atoms with Crippen LogP contribution in [0.1, 0.15) is 24.2 Å². The Morgan fingerprint density at radius 2 is 1.65 bits per heavy atom. The zero-order valence-corrected chi connectivity index (χ0v) is 16.2. The van der Waals surface area contributed by atoms with Crippen molar-refractivity contribution in [1.82, 2.24) is 4.90 Å². The van der Waals surface area contributed by atoms with Gasteiger partial charge in [-0.05, 0) is 50.2 Å². The first-order valence-corrected chi connectivity index (χ1v) is 9.08. The van der Waals surface area contributed by atoms with Crippen LogP contribution in [-0.2, 0) is 4.79 Å². The Morgan fingerprint density at radius 1 is 1.00 bits per heavy atom. The van der Waals surface area contributed by atoms with Gasteiger partial charge in [0.1, 0.15) is 0 Å². The molecule has 0 spiro atoms. The number of anilines is 2. The Hall–Kier alpha value is -2.24. The molecule has 7 heteroatoms. The number of hydrogen-bond donors (Lipinski definition) is 2. The van der Waals surface area contributed by atoms with Gasteiger partial charge in [-0.25, -0.2) is 0 Å². The predicted molar refractivity (Wildman–Crippen MR) is 107 cm³/mol. The molecule has 0 aliphatic heterocycles. The lowest BCUT2D eigenvalue weighted by atomic mass is 10.2. The average Bonchev–Trinajstić information content (AvgIpc) is 2.65. The Morgan fingerprint density at radius 3 is 2.27 bits per heavy atom. The molecular weight excluding hydrogens is 373 g/mol. The second-order valence-electron chi connectivity index (χ2n) is 5.56. The summed E-state index contributed by atoms with van der Waals surface area (Å²) < 4.78 is 0. The molecule has 0 radical (unpaired) electrons. The molecule has 0 aromatic heterocycles. The second kappa shape index (κ2) is 9.46. The van der Waals surface area contributed by atoms with Crippen LogP contribution in [0, 0.1) is 0 Å². The van der Waals surface area contributed by atoms with E-state index in [9.17, 15) is 9.59 Å². The summed E-state index contributed by atoms with van der Waals surface area (Å²) in [4.78, 5) is 26.1. The second-order valence-corrected chi connectivity index (χ2v) is 6.34. The van der Waals surface area contributed by atoms with E-state index in [1.807, 2.05) is 13.8 Å². The van der Waals surface area contributed by atoms with E-state index in [0.717, 1.165) is 5.69 Å². The number of halogens is 2. The molecule has 0 saturated heterocycles. The highest BCUT2D eigenvalue weighted by Crippen LogP contribution is 2.29. The minimum atomic E-state index is -0.252. The molecule has 0 aliphatic carbocycles. The molecule has 0 unspecified atom stereocenters. The number of carbonyl (C=O) groups excluding carboxylic acids is 2. The standard InChI is InChI=1S/C19H21Cl2N3O2/c1-3-24(4-2)19(26)13-8-10-14(11-9-13)22-12-17(25)23-16-7-5-6-15(20)18(16)21/h5-11,22H,3-4,12H2,1-2H3,(H,23,25). The highest BCUT2D eigenvalue weighted by Gasteiger charge is 2.12. The summed E-state index contributed by atoms with van der Waals surface area (Å²) in [5.41, 5.74) is 1.83. The fourth-order valence-corrected chi connectivity index (χ4v) is 2.75. The Kier molecular flexibility index (Phi) is 7.30. The predicted octanol–water partition coefficient (Wildman–Crippen LogP) is 4.53. The van der Waals surface area contributed by atoms with Crippen molar-refractivity contribution < 1.29 is 9.59 Å². The van der Waals surface area contributed by atoms with Crippen LogP contribution in [0.4, 0.5) is 11.4 Å². The van der Waals surface area contributed by atoms with Crippen molar-refractivity contribution in [2.45, 2.75) is 13.8 Å². The third-order valence-electron chi connectivity index (χ3n) is 3.86. The summed E-state index contributed by atoms with van der Waals surface area (Å²) in [6.07, 6.45) is 0. The van der Waals surface area contributed by atoms with Gasteiger partial charge in [0.2, 0.25) is 5.91 Å². The summed E-state index contributed by atoms with van der Waals surface area (Å²) in [5, 5.41) is 6.40. The van der Waals surface area contributed by atoms with Crippen LogP contribution in [0.15, 0.2) is 42.5 Å². The topological polar surface area (TPSA) is 61.4 Å². The van der Waals surface area contributed by atoms with Crippen LogP contribution in [0.5, 0.6) is 0 Å². The maximum absolute atomic E-state index is 12.3. The fraction of sp³-hybridized carbons (Fsp3) is 0.263. The van der Waals surface area contributed by atoms with Crippen LogP contribution in [0.3, 0.4) is 0 Å². The van der Waals surface area contributed by atoms with Crippen molar-refractivity contribution in [3.05, 3.63) is 58.1 Å². The van der Waals surface area contributed by atoms with Crippen LogP contribution in [0.25, 0.3) is 0 Å². The van der Waals surface area contributed by atoms with Crippen LogP contribution in [-0.4, -0.2) is 36.3 Å². The molecule has 0 fully saturated rings. The van der Waals surface area contributed by atoms with Gasteiger partial charge in [-0.3, -0.25) is 9.59 Å². The van der Waals surface area contributed by atoms with Crippen LogP contribution < -0.4 is 10.6 Å². The van der Waals surface area contributed by atoms with E-state index in [0.29, 0.717) is 34.4 Å². The zero-order valence-electron chi connectivity index (χ0n) is 14.7. The SMILES string of the molecule is CCN(CC)C(=O)c1ccc(NCC(=O)Nc2cccc(Cl)c2Cl)cc1. The van der Waals surface area contributed by atoms with Crippen molar-refractivity contribution in [3.8, 4) is 0 Å². The van der Waals surface area contributed by atoms with Gasteiger partial charge < -0.3 is 15.5 Å². The summed E-state index contributed by atoms with van der Waals surface area (Å²) in [6, 6.07) is 12.1. The van der Waals surface area contributed by atoms with Gasteiger partial charge >= 0.3 is 0 Å². The third kappa shape index (κ3) is 5.13. The van der Waals surface area contributed by atoms with Crippen LogP contribution >= 0.6 is 23.2 Å². The van der Waals surface area contributed by atoms with E-state index in [1.54, 1.807) is 47.4 Å². The molecule has 2 N–H and O–H groups in total. The summed E-state index contributed by atoms with van der Waals surface area (Å²) in [5.74, 6) is -0.257. The van der Waals surface area contributed by atoms with Gasteiger partial charge in [-0.1, -0.05) is 29.3 Å². The Balaban J connectivity index is 1.92. The molecule has 2 aromatic carbocycles. The Bertz CT molecular complexity index is 775. The molecule has 5 nitrogen and oxygen atoms in total. The maximum Gasteiger partial charge on any atom is 0.253 e. The largest absolute Gasteiger partial charge is 0.376 e. The third-order valence-corrected chi connectivity index (χ3v) is 4.68. The minimum absolute atomic E-state index is 0.00473. The molecule has 2 amide bonds. The molecule has 0 heterocycles. The van der Waals surface area contributed by atoms with Gasteiger partial charge in [0.15, 0.2) is 0 Å². The minimum Gasteiger partial charge on any atom is -0.376 e. The highest BCUT2D eigenvalue weighted by molar-refractivity contribution is 6.44. The van der Waals surface area contributed by atoms with Crippen molar-refractivity contribution >= 4 is 46.4 Å². The number of carbonyl (C=O) groups is 2. The molecule has 2 rings (SSSR count). The van der Waals surface area contributed by atoms with Crippen molar-refractivity contribution in [1.29, 1.82) is 0 Å². The van der Waals surface area contributed by atoms with Gasteiger partial charge in [0.25, 0.3) is 5.91 Å². The lowest BCUT2D eigenvalue weighted by molar-refractivity contribution is -0.114. The number of benzene rings is 2. The molecule has 138 valence electrons. The first-order valence-electron chi connectivity index (χ1n) is 8.33. The van der Waals surface area contributed by atoms with Gasteiger partial charge in [0.05, 0.1) is 22.3 Å². The quantitative estimate of drug-likeness (QED) is 0.726. The van der Waals surface area contributed by atoms with E-state index in [-0.39, 0.29) is 18.4 Å². The number of nitrogens with zero attached hydrogens (tertiary/aromatic N) is 1. The number of rotatable bonds is 7. The van der Waals surface area contributed by atoms with E-state index >= 15 is 0 Å². The lowest BCUT2D eigenvalue weighted by Gasteiger charge is -2.18. The average molecular weight is 394 g/mol. The van der Waals surface area contributed by atoms with Gasteiger partial charge in [0, 0.05) is 24.3 Å². The van der Waals surface area contributed by atoms with Gasteiger partial charge in [-0.15, -0.1) is 0 Å². The smallest absolute Gasteiger partial charge is 0.253 e. The number of nitrogens with one attached hydrogen (secondary N) is 2. The van der Waals surface area contributed by atoms with Crippen molar-refractivity contribution in [3.63, 3.8) is 0 Å². The first-order chi connectivity index (χ1) is 12.5. The van der Waals surface area contributed by atoms with Crippen molar-refractivity contribution in [2.75, 3.05) is 30.3 Å². The van der Waals surface area contributed by atoms with Crippen LogP contribution in [0.2, 0.25) is 10.0 Å². The van der Waals surface area contributed by atoms with E-state index < -0.39 is 0 Å². The number of hydrogen-bond acceptors (Lipinski definition) is 3. The van der Waals surface area contributed by atoms with Crippen molar-refractivity contribution in [2.24, 2.45) is 0 Å². The van der Waals surface area contributed by atoms with E-state index in [2.05, 4.69) is 10.6 Å². The molecule has 0 aliphatic rings. The number of amides is 2. The zero-order chi connectivity index (χ0) is 19.1. The molecule has 0 saturated carbocycles. The normalized spacial score (nSPS) is 10.3. The molecule has 0 bridgehead atoms. The monoisotopic (exact) mass is 393 g/mol. The molecule has 0 atom stereocenters. The lowest BCUT2D eigenvalue weighted by Crippen LogP contribution is -2.30. The van der Waals surface area contributed by atoms with E-state index in [4.69, 9.17) is 23.2 Å². The summed E-state index contributed by atoms with van der Waals surface area (Å²) in [7, 11) is 0. The van der Waals surface area contributed by atoms with E-state index in [1.165, 1.54) is 0 Å². The molecule has 2 aromatic rings. The van der Waals surface area contributed by atoms with Gasteiger partial charge in [-0.2, -0.15) is 0 Å². The summed E-state index contributed by atoms with van der Waals surface area (Å²) in [6.45, 7) is 5.29.